The van der Waals surface area contributed by atoms with Crippen molar-refractivity contribution in [3.05, 3.63) is 23.2 Å². The zero-order valence-electron chi connectivity index (χ0n) is 10.5. The summed E-state index contributed by atoms with van der Waals surface area (Å²) in [4.78, 5) is 24.1. The lowest BCUT2D eigenvalue weighted by atomic mass is 10.2. The molecular formula is C11H18N4O3. The third kappa shape index (κ3) is 3.57. The van der Waals surface area contributed by atoms with Crippen molar-refractivity contribution in [1.82, 2.24) is 10.3 Å². The van der Waals surface area contributed by atoms with Crippen LogP contribution in [-0.4, -0.2) is 29.8 Å². The number of hydrogen-bond donors (Lipinski definition) is 3. The predicted octanol–water partition coefficient (Wildman–Crippen LogP) is -0.501. The molecule has 1 heterocycles. The van der Waals surface area contributed by atoms with E-state index in [1.165, 1.54) is 0 Å². The van der Waals surface area contributed by atoms with Gasteiger partial charge < -0.3 is 10.2 Å². The molecule has 0 saturated heterocycles. The van der Waals surface area contributed by atoms with Crippen LogP contribution in [-0.2, 0) is 11.3 Å². The number of nitrogens with one attached hydrogen (secondary N) is 1. The highest BCUT2D eigenvalue weighted by atomic mass is 16.3. The predicted molar refractivity (Wildman–Crippen MR) is 65.2 cm³/mol. The molecule has 0 atom stereocenters. The lowest BCUT2D eigenvalue weighted by Crippen LogP contribution is -2.33. The first-order valence-corrected chi connectivity index (χ1v) is 5.58. The van der Waals surface area contributed by atoms with Gasteiger partial charge in [-0.05, 0) is 19.5 Å². The van der Waals surface area contributed by atoms with E-state index in [0.29, 0.717) is 30.2 Å². The van der Waals surface area contributed by atoms with Gasteiger partial charge in [-0.3, -0.25) is 19.9 Å². The molecule has 0 aliphatic rings. The lowest BCUT2D eigenvalue weighted by molar-refractivity contribution is -0.119. The van der Waals surface area contributed by atoms with E-state index in [1.54, 1.807) is 13.0 Å². The SMILES string of the molecule is CCN(CC(N)=O)Cc1cc(C(=O)NN)c(C)o1. The third-order valence-electron chi connectivity index (χ3n) is 2.55. The summed E-state index contributed by atoms with van der Waals surface area (Å²) >= 11 is 0. The van der Waals surface area contributed by atoms with E-state index in [-0.39, 0.29) is 6.54 Å². The molecule has 2 amide bonds. The number of nitrogens with zero attached hydrogens (tertiary/aromatic N) is 1. The minimum atomic E-state index is -0.403. The highest BCUT2D eigenvalue weighted by Gasteiger charge is 2.16. The van der Waals surface area contributed by atoms with Gasteiger partial charge in [-0.2, -0.15) is 0 Å². The number of rotatable bonds is 6. The van der Waals surface area contributed by atoms with Gasteiger partial charge >= 0.3 is 0 Å². The van der Waals surface area contributed by atoms with Crippen molar-refractivity contribution in [2.75, 3.05) is 13.1 Å². The fourth-order valence-corrected chi connectivity index (χ4v) is 1.65. The second-order valence-corrected chi connectivity index (χ2v) is 3.93. The number of carbonyl (C=O) groups is 2. The van der Waals surface area contributed by atoms with Gasteiger partial charge in [-0.25, -0.2) is 5.84 Å². The Hall–Kier alpha value is -1.86. The molecule has 0 aliphatic heterocycles. The summed E-state index contributed by atoms with van der Waals surface area (Å²) in [6.45, 7) is 4.80. The third-order valence-corrected chi connectivity index (χ3v) is 2.55. The molecule has 0 aliphatic carbocycles. The van der Waals surface area contributed by atoms with Crippen LogP contribution in [0, 0.1) is 6.92 Å². The Morgan fingerprint density at radius 2 is 2.17 bits per heavy atom. The number of likely N-dealkylation sites (N-methyl/N-ethyl adjacent to an activating group) is 1. The molecule has 0 saturated carbocycles. The van der Waals surface area contributed by atoms with E-state index < -0.39 is 11.8 Å². The number of nitrogen functional groups attached to an aromatic ring is 1. The summed E-state index contributed by atoms with van der Waals surface area (Å²) in [6, 6.07) is 1.61. The van der Waals surface area contributed by atoms with Crippen LogP contribution >= 0.6 is 0 Å². The molecule has 1 aromatic rings. The summed E-state index contributed by atoms with van der Waals surface area (Å²) in [5.41, 5.74) is 7.58. The molecule has 1 rings (SSSR count). The van der Waals surface area contributed by atoms with Gasteiger partial charge in [-0.1, -0.05) is 6.92 Å². The maximum absolute atomic E-state index is 11.4. The molecule has 0 unspecified atom stereocenters. The molecule has 5 N–H and O–H groups in total. The van der Waals surface area contributed by atoms with Crippen LogP contribution in [0.1, 0.15) is 28.8 Å². The summed E-state index contributed by atoms with van der Waals surface area (Å²) in [6.07, 6.45) is 0. The lowest BCUT2D eigenvalue weighted by Gasteiger charge is -2.16. The Balaban J connectivity index is 2.78. The van der Waals surface area contributed by atoms with Gasteiger partial charge in [0.05, 0.1) is 18.7 Å². The maximum atomic E-state index is 11.4. The van der Waals surface area contributed by atoms with Crippen LogP contribution in [0.3, 0.4) is 0 Å². The topological polar surface area (TPSA) is 115 Å². The van der Waals surface area contributed by atoms with Crippen LogP contribution < -0.4 is 17.0 Å². The fourth-order valence-electron chi connectivity index (χ4n) is 1.65. The summed E-state index contributed by atoms with van der Waals surface area (Å²) < 4.78 is 5.44. The Labute approximate surface area is 105 Å². The molecular weight excluding hydrogens is 236 g/mol. The first-order chi connectivity index (χ1) is 8.47. The van der Waals surface area contributed by atoms with Gasteiger partial charge in [0.15, 0.2) is 0 Å². The second kappa shape index (κ2) is 6.18. The number of aryl methyl sites for hydroxylation is 1. The number of primary amides is 1. The normalized spacial score (nSPS) is 10.7. The highest BCUT2D eigenvalue weighted by molar-refractivity contribution is 5.94. The van der Waals surface area contributed by atoms with Gasteiger partial charge in [-0.15, -0.1) is 0 Å². The van der Waals surface area contributed by atoms with Gasteiger partial charge in [0.1, 0.15) is 11.5 Å². The quantitative estimate of drug-likeness (QED) is 0.359. The van der Waals surface area contributed by atoms with Crippen molar-refractivity contribution in [2.45, 2.75) is 20.4 Å². The van der Waals surface area contributed by atoms with Gasteiger partial charge in [0.2, 0.25) is 5.91 Å². The van der Waals surface area contributed by atoms with Crippen molar-refractivity contribution in [3.8, 4) is 0 Å². The van der Waals surface area contributed by atoms with E-state index in [9.17, 15) is 9.59 Å². The van der Waals surface area contributed by atoms with Crippen molar-refractivity contribution in [1.29, 1.82) is 0 Å². The van der Waals surface area contributed by atoms with Gasteiger partial charge in [0, 0.05) is 0 Å². The first-order valence-electron chi connectivity index (χ1n) is 5.58. The molecule has 7 nitrogen and oxygen atoms in total. The number of carbonyl (C=O) groups excluding carboxylic acids is 2. The smallest absolute Gasteiger partial charge is 0.268 e. The summed E-state index contributed by atoms with van der Waals surface area (Å²) in [5, 5.41) is 0. The number of hydrazine groups is 1. The number of nitrogens with two attached hydrogens (primary N) is 2. The minimum absolute atomic E-state index is 0.147. The van der Waals surface area contributed by atoms with Crippen LogP contribution in [0.25, 0.3) is 0 Å². The largest absolute Gasteiger partial charge is 0.464 e. The maximum Gasteiger partial charge on any atom is 0.268 e. The van der Waals surface area contributed by atoms with Crippen molar-refractivity contribution in [2.24, 2.45) is 11.6 Å². The molecule has 0 radical (unpaired) electrons. The number of furan rings is 1. The Bertz CT molecular complexity index is 441. The second-order valence-electron chi connectivity index (χ2n) is 3.93. The van der Waals surface area contributed by atoms with Crippen LogP contribution in [0.4, 0.5) is 0 Å². The average Bonchev–Trinajstić information content (AvgIpc) is 2.67. The molecule has 0 fully saturated rings. The van der Waals surface area contributed by atoms with Gasteiger partial charge in [0.25, 0.3) is 5.91 Å². The molecule has 100 valence electrons. The van der Waals surface area contributed by atoms with E-state index in [4.69, 9.17) is 16.0 Å². The fraction of sp³-hybridized carbons (Fsp3) is 0.455. The zero-order chi connectivity index (χ0) is 13.7. The zero-order valence-corrected chi connectivity index (χ0v) is 10.5. The monoisotopic (exact) mass is 254 g/mol. The Morgan fingerprint density at radius 1 is 1.50 bits per heavy atom. The van der Waals surface area contributed by atoms with E-state index in [1.807, 2.05) is 17.2 Å². The first kappa shape index (κ1) is 14.2. The molecule has 0 bridgehead atoms. The van der Waals surface area contributed by atoms with E-state index in [2.05, 4.69) is 0 Å². The molecule has 0 spiro atoms. The Kier molecular flexibility index (Phi) is 4.87. The number of hydrogen-bond acceptors (Lipinski definition) is 5. The summed E-state index contributed by atoms with van der Waals surface area (Å²) in [5.74, 6) is 5.34. The van der Waals surface area contributed by atoms with Crippen LogP contribution in [0.15, 0.2) is 10.5 Å². The minimum Gasteiger partial charge on any atom is -0.464 e. The molecule has 1 aromatic heterocycles. The molecule has 18 heavy (non-hydrogen) atoms. The Morgan fingerprint density at radius 3 is 2.67 bits per heavy atom. The van der Waals surface area contributed by atoms with Crippen molar-refractivity contribution >= 4 is 11.8 Å². The van der Waals surface area contributed by atoms with Crippen molar-refractivity contribution in [3.63, 3.8) is 0 Å². The van der Waals surface area contributed by atoms with Crippen LogP contribution in [0.2, 0.25) is 0 Å². The van der Waals surface area contributed by atoms with E-state index in [0.717, 1.165) is 0 Å². The van der Waals surface area contributed by atoms with E-state index >= 15 is 0 Å². The van der Waals surface area contributed by atoms with Crippen LogP contribution in [0.5, 0.6) is 0 Å². The standard InChI is InChI=1S/C11H18N4O3/c1-3-15(6-10(12)16)5-8-4-9(7(2)18-8)11(17)14-13/h4H,3,5-6,13H2,1-2H3,(H2,12,16)(H,14,17). The number of amides is 2. The molecule has 7 heteroatoms. The highest BCUT2D eigenvalue weighted by Crippen LogP contribution is 2.16. The average molecular weight is 254 g/mol. The summed E-state index contributed by atoms with van der Waals surface area (Å²) in [7, 11) is 0. The van der Waals surface area contributed by atoms with Crippen molar-refractivity contribution < 1.29 is 14.0 Å². The molecule has 0 aromatic carbocycles.